The highest BCUT2D eigenvalue weighted by molar-refractivity contribution is 6.35. The molecular weight excluding hydrogens is 295 g/mol. The fourth-order valence-corrected chi connectivity index (χ4v) is 3.21. The zero-order valence-electron chi connectivity index (χ0n) is 10.7. The fraction of sp³-hybridized carbons (Fsp3) is 0.267. The lowest BCUT2D eigenvalue weighted by molar-refractivity contribution is 0.587. The molecule has 0 spiro atoms. The minimum atomic E-state index is -0.0461. The number of benzene rings is 1. The third-order valence-electron chi connectivity index (χ3n) is 3.54. The average Bonchev–Trinajstić information content (AvgIpc) is 2.37. The van der Waals surface area contributed by atoms with Crippen LogP contribution in [-0.2, 0) is 6.42 Å². The molecule has 1 unspecified atom stereocenters. The van der Waals surface area contributed by atoms with Gasteiger partial charge in [-0.1, -0.05) is 23.2 Å². The second kappa shape index (κ2) is 5.51. The number of halogens is 2. The minimum Gasteiger partial charge on any atom is -0.378 e. The van der Waals surface area contributed by atoms with E-state index in [0.29, 0.717) is 10.0 Å². The molecule has 0 saturated carbocycles. The van der Waals surface area contributed by atoms with Gasteiger partial charge in [-0.25, -0.2) is 0 Å². The van der Waals surface area contributed by atoms with Crippen LogP contribution in [0.15, 0.2) is 35.1 Å². The molecule has 1 aliphatic carbocycles. The Bertz CT molecular complexity index is 676. The van der Waals surface area contributed by atoms with E-state index < -0.39 is 0 Å². The number of H-pyrrole nitrogens is 1. The molecule has 0 fully saturated rings. The minimum absolute atomic E-state index is 0.0461. The van der Waals surface area contributed by atoms with E-state index >= 15 is 0 Å². The normalized spacial score (nSPS) is 17.6. The van der Waals surface area contributed by atoms with Gasteiger partial charge in [0, 0.05) is 27.5 Å². The van der Waals surface area contributed by atoms with E-state index in [1.165, 1.54) is 0 Å². The van der Waals surface area contributed by atoms with Crippen molar-refractivity contribution in [1.82, 2.24) is 4.98 Å². The van der Waals surface area contributed by atoms with Gasteiger partial charge >= 0.3 is 0 Å². The van der Waals surface area contributed by atoms with Gasteiger partial charge in [-0.2, -0.15) is 0 Å². The van der Waals surface area contributed by atoms with E-state index in [1.54, 1.807) is 12.1 Å². The largest absolute Gasteiger partial charge is 0.378 e. The number of pyridine rings is 1. The molecule has 1 heterocycles. The van der Waals surface area contributed by atoms with E-state index in [0.717, 1.165) is 36.2 Å². The molecule has 2 aromatic rings. The summed E-state index contributed by atoms with van der Waals surface area (Å²) in [4.78, 5) is 14.3. The monoisotopic (exact) mass is 308 g/mol. The molecule has 104 valence electrons. The molecule has 0 aliphatic heterocycles. The van der Waals surface area contributed by atoms with Gasteiger partial charge in [0.1, 0.15) is 0 Å². The molecule has 1 aliphatic rings. The Morgan fingerprint density at radius 3 is 2.65 bits per heavy atom. The Morgan fingerprint density at radius 2 is 1.90 bits per heavy atom. The van der Waals surface area contributed by atoms with Crippen LogP contribution in [0.3, 0.4) is 0 Å². The Kier molecular flexibility index (Phi) is 3.72. The molecule has 1 aromatic carbocycles. The van der Waals surface area contributed by atoms with Crippen LogP contribution in [0, 0.1) is 0 Å². The maximum Gasteiger partial charge on any atom is 0.248 e. The Hall–Kier alpha value is -1.45. The Morgan fingerprint density at radius 1 is 1.15 bits per heavy atom. The van der Waals surface area contributed by atoms with Crippen molar-refractivity contribution in [2.24, 2.45) is 0 Å². The Balaban J connectivity index is 1.91. The summed E-state index contributed by atoms with van der Waals surface area (Å²) in [5.74, 6) is 0. The lowest BCUT2D eigenvalue weighted by Gasteiger charge is -2.27. The van der Waals surface area contributed by atoms with Crippen molar-refractivity contribution in [3.63, 3.8) is 0 Å². The number of anilines is 1. The van der Waals surface area contributed by atoms with Crippen LogP contribution in [0.4, 0.5) is 5.69 Å². The predicted octanol–water partition coefficient (Wildman–Crippen LogP) is 4.17. The van der Waals surface area contributed by atoms with Crippen molar-refractivity contribution < 1.29 is 0 Å². The molecule has 3 rings (SSSR count). The van der Waals surface area contributed by atoms with Crippen LogP contribution in [-0.4, -0.2) is 4.98 Å². The van der Waals surface area contributed by atoms with Crippen LogP contribution in [0.1, 0.15) is 30.1 Å². The summed E-state index contributed by atoms with van der Waals surface area (Å²) in [6.45, 7) is 0. The van der Waals surface area contributed by atoms with Gasteiger partial charge in [0.2, 0.25) is 5.56 Å². The van der Waals surface area contributed by atoms with Crippen LogP contribution in [0.5, 0.6) is 0 Å². The zero-order valence-corrected chi connectivity index (χ0v) is 12.3. The van der Waals surface area contributed by atoms with Crippen molar-refractivity contribution >= 4 is 28.9 Å². The number of aromatic nitrogens is 1. The van der Waals surface area contributed by atoms with Gasteiger partial charge in [-0.3, -0.25) is 4.79 Å². The number of aromatic amines is 1. The number of hydrogen-bond donors (Lipinski definition) is 2. The maximum absolute atomic E-state index is 11.4. The second-order valence-corrected chi connectivity index (χ2v) is 5.88. The summed E-state index contributed by atoms with van der Waals surface area (Å²) in [6.07, 6.45) is 2.97. The van der Waals surface area contributed by atoms with Crippen molar-refractivity contribution in [3.05, 3.63) is 62.0 Å². The summed E-state index contributed by atoms with van der Waals surface area (Å²) in [7, 11) is 0. The lowest BCUT2D eigenvalue weighted by Crippen LogP contribution is -2.21. The number of aryl methyl sites for hydroxylation is 1. The molecule has 0 bridgehead atoms. The molecule has 1 atom stereocenters. The van der Waals surface area contributed by atoms with Crippen LogP contribution < -0.4 is 10.9 Å². The smallest absolute Gasteiger partial charge is 0.248 e. The summed E-state index contributed by atoms with van der Waals surface area (Å²) in [5, 5.41) is 4.66. The molecule has 5 heteroatoms. The van der Waals surface area contributed by atoms with Crippen molar-refractivity contribution in [2.45, 2.75) is 25.3 Å². The van der Waals surface area contributed by atoms with Crippen LogP contribution in [0.2, 0.25) is 10.0 Å². The average molecular weight is 309 g/mol. The summed E-state index contributed by atoms with van der Waals surface area (Å²) in [6, 6.07) is 9.06. The van der Waals surface area contributed by atoms with Gasteiger partial charge in [0.05, 0.1) is 6.04 Å². The van der Waals surface area contributed by atoms with Gasteiger partial charge in [-0.15, -0.1) is 0 Å². The SMILES string of the molecule is O=c1ccc2c([nH]1)CCCC2Nc1cc(Cl)cc(Cl)c1. The molecule has 0 amide bonds. The highest BCUT2D eigenvalue weighted by Crippen LogP contribution is 2.32. The molecular formula is C15H14Cl2N2O. The van der Waals surface area contributed by atoms with E-state index in [2.05, 4.69) is 10.3 Å². The first kappa shape index (κ1) is 13.5. The second-order valence-electron chi connectivity index (χ2n) is 5.00. The van der Waals surface area contributed by atoms with Crippen molar-refractivity contribution in [1.29, 1.82) is 0 Å². The third-order valence-corrected chi connectivity index (χ3v) is 3.97. The summed E-state index contributed by atoms with van der Waals surface area (Å²) >= 11 is 12.0. The van der Waals surface area contributed by atoms with E-state index in [1.807, 2.05) is 18.2 Å². The number of hydrogen-bond acceptors (Lipinski definition) is 2. The predicted molar refractivity (Wildman–Crippen MR) is 82.8 cm³/mol. The lowest BCUT2D eigenvalue weighted by atomic mass is 9.91. The number of fused-ring (bicyclic) bond motifs is 1. The summed E-state index contributed by atoms with van der Waals surface area (Å²) in [5.41, 5.74) is 3.02. The van der Waals surface area contributed by atoms with Gasteiger partial charge in [0.25, 0.3) is 0 Å². The van der Waals surface area contributed by atoms with Crippen LogP contribution in [0.25, 0.3) is 0 Å². The van der Waals surface area contributed by atoms with Crippen molar-refractivity contribution in [2.75, 3.05) is 5.32 Å². The van der Waals surface area contributed by atoms with E-state index in [-0.39, 0.29) is 11.6 Å². The number of nitrogens with one attached hydrogen (secondary N) is 2. The molecule has 3 nitrogen and oxygen atoms in total. The molecule has 1 aromatic heterocycles. The first-order chi connectivity index (χ1) is 9.61. The van der Waals surface area contributed by atoms with Gasteiger partial charge in [0.15, 0.2) is 0 Å². The molecule has 0 radical (unpaired) electrons. The van der Waals surface area contributed by atoms with E-state index in [4.69, 9.17) is 23.2 Å². The quantitative estimate of drug-likeness (QED) is 0.874. The molecule has 20 heavy (non-hydrogen) atoms. The highest BCUT2D eigenvalue weighted by atomic mass is 35.5. The maximum atomic E-state index is 11.4. The molecule has 0 saturated heterocycles. The van der Waals surface area contributed by atoms with E-state index in [9.17, 15) is 4.79 Å². The zero-order chi connectivity index (χ0) is 14.1. The number of rotatable bonds is 2. The van der Waals surface area contributed by atoms with Crippen LogP contribution >= 0.6 is 23.2 Å². The fourth-order valence-electron chi connectivity index (χ4n) is 2.69. The van der Waals surface area contributed by atoms with Crippen molar-refractivity contribution in [3.8, 4) is 0 Å². The molecule has 2 N–H and O–H groups in total. The third kappa shape index (κ3) is 2.84. The van der Waals surface area contributed by atoms with Gasteiger partial charge < -0.3 is 10.3 Å². The first-order valence-corrected chi connectivity index (χ1v) is 7.32. The highest BCUT2D eigenvalue weighted by Gasteiger charge is 2.20. The Labute approximate surface area is 126 Å². The standard InChI is InChI=1S/C15H14Cl2N2O/c16-9-6-10(17)8-11(7-9)18-13-2-1-3-14-12(13)4-5-15(20)19-14/h4-8,13,18H,1-3H2,(H,19,20). The van der Waals surface area contributed by atoms with Gasteiger partial charge in [-0.05, 0) is 49.1 Å². The topological polar surface area (TPSA) is 44.9 Å². The summed E-state index contributed by atoms with van der Waals surface area (Å²) < 4.78 is 0. The first-order valence-electron chi connectivity index (χ1n) is 6.56.